The fourth-order valence-corrected chi connectivity index (χ4v) is 3.49. The Hall–Kier alpha value is -0.830. The first-order chi connectivity index (χ1) is 10.1. The minimum atomic E-state index is 0.191. The van der Waals surface area contributed by atoms with Crippen molar-refractivity contribution >= 4 is 21.8 Å². The van der Waals surface area contributed by atoms with E-state index in [-0.39, 0.29) is 5.91 Å². The van der Waals surface area contributed by atoms with Crippen LogP contribution in [-0.4, -0.2) is 28.7 Å². The van der Waals surface area contributed by atoms with E-state index in [2.05, 4.69) is 46.8 Å². The maximum Gasteiger partial charge on any atom is 0.254 e. The minimum Gasteiger partial charge on any atom is -0.335 e. The summed E-state index contributed by atoms with van der Waals surface area (Å²) < 4.78 is 0. The quantitative estimate of drug-likeness (QED) is 0.685. The predicted molar refractivity (Wildman–Crippen MR) is 92.2 cm³/mol. The average molecular weight is 352 g/mol. The largest absolute Gasteiger partial charge is 0.335 e. The second kappa shape index (κ2) is 7.98. The molecule has 1 aliphatic rings. The van der Waals surface area contributed by atoms with Crippen LogP contribution >= 0.6 is 15.9 Å². The second-order valence-electron chi connectivity index (χ2n) is 6.26. The molecule has 0 spiro atoms. The highest BCUT2D eigenvalue weighted by Gasteiger charge is 2.25. The molecule has 1 fully saturated rings. The van der Waals surface area contributed by atoms with Crippen molar-refractivity contribution in [3.8, 4) is 0 Å². The van der Waals surface area contributed by atoms with Gasteiger partial charge in [-0.05, 0) is 36.5 Å². The summed E-state index contributed by atoms with van der Waals surface area (Å²) in [5, 5.41) is 0.847. The summed E-state index contributed by atoms with van der Waals surface area (Å²) in [6, 6.07) is 8.58. The third-order valence-corrected chi connectivity index (χ3v) is 4.78. The smallest absolute Gasteiger partial charge is 0.254 e. The van der Waals surface area contributed by atoms with Gasteiger partial charge < -0.3 is 4.90 Å². The van der Waals surface area contributed by atoms with E-state index in [1.807, 2.05) is 12.1 Å². The van der Waals surface area contributed by atoms with Gasteiger partial charge in [-0.1, -0.05) is 61.2 Å². The first kappa shape index (κ1) is 16.5. The Balaban J connectivity index is 2.13. The van der Waals surface area contributed by atoms with Gasteiger partial charge in [-0.2, -0.15) is 0 Å². The van der Waals surface area contributed by atoms with E-state index in [1.54, 1.807) is 0 Å². The highest BCUT2D eigenvalue weighted by molar-refractivity contribution is 9.09. The SMILES string of the molecule is CC(C)c1ccc(C(=O)N(CCBr)C2CCCCC2)cc1. The van der Waals surface area contributed by atoms with Gasteiger partial charge in [0, 0.05) is 23.5 Å². The molecule has 116 valence electrons. The van der Waals surface area contributed by atoms with Gasteiger partial charge in [-0.15, -0.1) is 0 Å². The zero-order valence-electron chi connectivity index (χ0n) is 13.1. The van der Waals surface area contributed by atoms with Crippen LogP contribution in [-0.2, 0) is 0 Å². The molecule has 1 aliphatic carbocycles. The Kier molecular flexibility index (Phi) is 6.28. The molecule has 2 rings (SSSR count). The molecule has 0 aliphatic heterocycles. The van der Waals surface area contributed by atoms with Crippen LogP contribution in [0.1, 0.15) is 67.8 Å². The average Bonchev–Trinajstić information content (AvgIpc) is 2.53. The second-order valence-corrected chi connectivity index (χ2v) is 7.05. The van der Waals surface area contributed by atoms with Crippen LogP contribution in [0.25, 0.3) is 0 Å². The van der Waals surface area contributed by atoms with Crippen molar-refractivity contribution in [1.82, 2.24) is 4.90 Å². The lowest BCUT2D eigenvalue weighted by atomic mass is 9.93. The van der Waals surface area contributed by atoms with Crippen molar-refractivity contribution < 1.29 is 4.79 Å². The molecule has 21 heavy (non-hydrogen) atoms. The van der Waals surface area contributed by atoms with Crippen molar-refractivity contribution in [2.45, 2.75) is 57.9 Å². The number of hydrogen-bond donors (Lipinski definition) is 0. The van der Waals surface area contributed by atoms with Crippen molar-refractivity contribution in [3.63, 3.8) is 0 Å². The lowest BCUT2D eigenvalue weighted by Crippen LogP contribution is -2.42. The van der Waals surface area contributed by atoms with E-state index in [9.17, 15) is 4.79 Å². The zero-order valence-corrected chi connectivity index (χ0v) is 14.7. The predicted octanol–water partition coefficient (Wildman–Crippen LogP) is 4.98. The van der Waals surface area contributed by atoms with Gasteiger partial charge in [0.1, 0.15) is 0 Å². The molecule has 1 saturated carbocycles. The molecule has 2 nitrogen and oxygen atoms in total. The molecular formula is C18H26BrNO. The Morgan fingerprint density at radius 1 is 1.19 bits per heavy atom. The van der Waals surface area contributed by atoms with Crippen LogP contribution < -0.4 is 0 Å². The third-order valence-electron chi connectivity index (χ3n) is 4.43. The molecule has 1 aromatic carbocycles. The maximum absolute atomic E-state index is 12.8. The van der Waals surface area contributed by atoms with Gasteiger partial charge in [0.25, 0.3) is 5.91 Å². The highest BCUT2D eigenvalue weighted by atomic mass is 79.9. The van der Waals surface area contributed by atoms with Gasteiger partial charge in [-0.25, -0.2) is 0 Å². The normalized spacial score (nSPS) is 16.2. The number of carbonyl (C=O) groups excluding carboxylic acids is 1. The number of nitrogens with zero attached hydrogens (tertiary/aromatic N) is 1. The van der Waals surface area contributed by atoms with Crippen LogP contribution in [0.2, 0.25) is 0 Å². The summed E-state index contributed by atoms with van der Waals surface area (Å²) in [6.07, 6.45) is 6.13. The van der Waals surface area contributed by atoms with Crippen LogP contribution in [0.4, 0.5) is 0 Å². The first-order valence-electron chi connectivity index (χ1n) is 8.10. The summed E-state index contributed by atoms with van der Waals surface area (Å²) in [6.45, 7) is 5.15. The Morgan fingerprint density at radius 3 is 2.33 bits per heavy atom. The number of hydrogen-bond acceptors (Lipinski definition) is 1. The first-order valence-corrected chi connectivity index (χ1v) is 9.22. The molecule has 0 N–H and O–H groups in total. The van der Waals surface area contributed by atoms with Crippen LogP contribution in [0, 0.1) is 0 Å². The fraction of sp³-hybridized carbons (Fsp3) is 0.611. The van der Waals surface area contributed by atoms with Crippen LogP contribution in [0.3, 0.4) is 0 Å². The molecule has 0 atom stereocenters. The summed E-state index contributed by atoms with van der Waals surface area (Å²) >= 11 is 3.49. The Bertz CT molecular complexity index is 449. The zero-order chi connectivity index (χ0) is 15.2. The topological polar surface area (TPSA) is 20.3 Å². The molecule has 0 saturated heterocycles. The highest BCUT2D eigenvalue weighted by Crippen LogP contribution is 2.24. The number of amides is 1. The third kappa shape index (κ3) is 4.32. The number of halogens is 1. The van der Waals surface area contributed by atoms with Gasteiger partial charge in [0.05, 0.1) is 0 Å². The van der Waals surface area contributed by atoms with E-state index in [0.717, 1.165) is 30.3 Å². The summed E-state index contributed by atoms with van der Waals surface area (Å²) in [5.74, 6) is 0.697. The van der Waals surface area contributed by atoms with Gasteiger partial charge in [0.15, 0.2) is 0 Å². The van der Waals surface area contributed by atoms with E-state index in [1.165, 1.54) is 24.8 Å². The Morgan fingerprint density at radius 2 is 1.81 bits per heavy atom. The molecule has 0 bridgehead atoms. The summed E-state index contributed by atoms with van der Waals surface area (Å²) in [5.41, 5.74) is 2.11. The summed E-state index contributed by atoms with van der Waals surface area (Å²) in [7, 11) is 0. The fourth-order valence-electron chi connectivity index (χ4n) is 3.11. The van der Waals surface area contributed by atoms with Crippen LogP contribution in [0.15, 0.2) is 24.3 Å². The molecule has 3 heteroatoms. The van der Waals surface area contributed by atoms with Crippen molar-refractivity contribution in [3.05, 3.63) is 35.4 Å². The molecule has 0 radical (unpaired) electrons. The van der Waals surface area contributed by atoms with E-state index in [4.69, 9.17) is 0 Å². The number of rotatable bonds is 5. The molecular weight excluding hydrogens is 326 g/mol. The van der Waals surface area contributed by atoms with Crippen LogP contribution in [0.5, 0.6) is 0 Å². The maximum atomic E-state index is 12.8. The van der Waals surface area contributed by atoms with E-state index < -0.39 is 0 Å². The van der Waals surface area contributed by atoms with Crippen molar-refractivity contribution in [2.24, 2.45) is 0 Å². The van der Waals surface area contributed by atoms with Gasteiger partial charge in [0.2, 0.25) is 0 Å². The van der Waals surface area contributed by atoms with Gasteiger partial charge in [-0.3, -0.25) is 4.79 Å². The number of carbonyl (C=O) groups is 1. The van der Waals surface area contributed by atoms with Crippen molar-refractivity contribution in [1.29, 1.82) is 0 Å². The van der Waals surface area contributed by atoms with Crippen molar-refractivity contribution in [2.75, 3.05) is 11.9 Å². The Labute approximate surface area is 137 Å². The van der Waals surface area contributed by atoms with E-state index >= 15 is 0 Å². The van der Waals surface area contributed by atoms with Gasteiger partial charge >= 0.3 is 0 Å². The monoisotopic (exact) mass is 351 g/mol. The summed E-state index contributed by atoms with van der Waals surface area (Å²) in [4.78, 5) is 14.9. The number of benzene rings is 1. The number of alkyl halides is 1. The lowest BCUT2D eigenvalue weighted by molar-refractivity contribution is 0.0651. The molecule has 0 unspecified atom stereocenters. The lowest BCUT2D eigenvalue weighted by Gasteiger charge is -2.34. The molecule has 1 amide bonds. The standard InChI is InChI=1S/C18H26BrNO/c1-14(2)15-8-10-16(11-9-15)18(21)20(13-12-19)17-6-4-3-5-7-17/h8-11,14,17H,3-7,12-13H2,1-2H3. The minimum absolute atomic E-state index is 0.191. The molecule has 0 aromatic heterocycles. The molecule has 1 aromatic rings. The molecule has 0 heterocycles. The van der Waals surface area contributed by atoms with E-state index in [0.29, 0.717) is 12.0 Å².